The first-order valence-electron chi connectivity index (χ1n) is 10.9. The van der Waals surface area contributed by atoms with Gasteiger partial charge in [-0.25, -0.2) is 13.1 Å². The third-order valence-corrected chi connectivity index (χ3v) is 6.83. The Kier molecular flexibility index (Phi) is 7.04. The highest BCUT2D eigenvalue weighted by Gasteiger charge is 2.18. The SMILES string of the molecule is CC(=O)Nc1ccc(S(=O)(=O)NCc2ccc(C(=O)N[C@H](C)c3ccc4c(c3)OCO4)cc2)cc1. The second-order valence-electron chi connectivity index (χ2n) is 8.03. The summed E-state index contributed by atoms with van der Waals surface area (Å²) in [5.74, 6) is 0.847. The van der Waals surface area contributed by atoms with E-state index in [9.17, 15) is 18.0 Å². The summed E-state index contributed by atoms with van der Waals surface area (Å²) in [5.41, 5.74) is 2.55. The monoisotopic (exact) mass is 495 g/mol. The first-order valence-corrected chi connectivity index (χ1v) is 12.4. The van der Waals surface area contributed by atoms with Crippen molar-refractivity contribution in [3.05, 3.63) is 83.4 Å². The normalized spacial score (nSPS) is 13.2. The van der Waals surface area contributed by atoms with E-state index in [2.05, 4.69) is 15.4 Å². The number of rotatable bonds is 8. The summed E-state index contributed by atoms with van der Waals surface area (Å²) in [6.07, 6.45) is 0. The number of benzene rings is 3. The van der Waals surface area contributed by atoms with Crippen molar-refractivity contribution < 1.29 is 27.5 Å². The lowest BCUT2D eigenvalue weighted by atomic mass is 10.1. The summed E-state index contributed by atoms with van der Waals surface area (Å²) in [4.78, 5) is 23.8. The quantitative estimate of drug-likeness (QED) is 0.441. The molecule has 1 aliphatic heterocycles. The van der Waals surface area contributed by atoms with E-state index in [0.29, 0.717) is 28.3 Å². The third kappa shape index (κ3) is 5.97. The molecule has 35 heavy (non-hydrogen) atoms. The number of fused-ring (bicyclic) bond motifs is 1. The van der Waals surface area contributed by atoms with Gasteiger partial charge in [-0.1, -0.05) is 18.2 Å². The number of amides is 2. The van der Waals surface area contributed by atoms with Crippen LogP contribution in [0.2, 0.25) is 0 Å². The average Bonchev–Trinajstić information content (AvgIpc) is 3.31. The number of nitrogens with one attached hydrogen (secondary N) is 3. The lowest BCUT2D eigenvalue weighted by Crippen LogP contribution is -2.26. The predicted molar refractivity (Wildman–Crippen MR) is 130 cm³/mol. The average molecular weight is 496 g/mol. The van der Waals surface area contributed by atoms with Gasteiger partial charge in [0.05, 0.1) is 10.9 Å². The fraction of sp³-hybridized carbons (Fsp3) is 0.200. The summed E-state index contributed by atoms with van der Waals surface area (Å²) < 4.78 is 38.4. The van der Waals surface area contributed by atoms with Gasteiger partial charge in [-0.15, -0.1) is 0 Å². The molecular formula is C25H25N3O6S. The lowest BCUT2D eigenvalue weighted by molar-refractivity contribution is -0.114. The maximum atomic E-state index is 12.7. The zero-order valence-corrected chi connectivity index (χ0v) is 20.0. The van der Waals surface area contributed by atoms with E-state index >= 15 is 0 Å². The molecule has 0 radical (unpaired) electrons. The molecule has 0 fully saturated rings. The second kappa shape index (κ2) is 10.2. The second-order valence-corrected chi connectivity index (χ2v) is 9.80. The highest BCUT2D eigenvalue weighted by molar-refractivity contribution is 7.89. The van der Waals surface area contributed by atoms with Crippen LogP contribution in [0.25, 0.3) is 0 Å². The van der Waals surface area contributed by atoms with Crippen molar-refractivity contribution in [1.29, 1.82) is 0 Å². The lowest BCUT2D eigenvalue weighted by Gasteiger charge is -2.15. The number of sulfonamides is 1. The molecule has 1 heterocycles. The van der Waals surface area contributed by atoms with Crippen LogP contribution < -0.4 is 24.8 Å². The van der Waals surface area contributed by atoms with E-state index in [0.717, 1.165) is 5.56 Å². The topological polar surface area (TPSA) is 123 Å². The molecule has 3 N–H and O–H groups in total. The number of hydrogen-bond donors (Lipinski definition) is 3. The minimum absolute atomic E-state index is 0.0608. The third-order valence-electron chi connectivity index (χ3n) is 5.41. The molecule has 1 atom stereocenters. The van der Waals surface area contributed by atoms with Gasteiger partial charge in [0.15, 0.2) is 11.5 Å². The van der Waals surface area contributed by atoms with Crippen molar-refractivity contribution in [1.82, 2.24) is 10.0 Å². The van der Waals surface area contributed by atoms with Gasteiger partial charge in [0.1, 0.15) is 0 Å². The van der Waals surface area contributed by atoms with Gasteiger partial charge in [-0.3, -0.25) is 9.59 Å². The highest BCUT2D eigenvalue weighted by Crippen LogP contribution is 2.34. The van der Waals surface area contributed by atoms with Crippen LogP contribution in [0.4, 0.5) is 5.69 Å². The van der Waals surface area contributed by atoms with Gasteiger partial charge in [-0.05, 0) is 66.6 Å². The fourth-order valence-electron chi connectivity index (χ4n) is 3.50. The number of ether oxygens (including phenoxy) is 2. The largest absolute Gasteiger partial charge is 0.454 e. The zero-order valence-electron chi connectivity index (χ0n) is 19.2. The Labute approximate surface area is 203 Å². The van der Waals surface area contributed by atoms with Gasteiger partial charge in [0.25, 0.3) is 5.91 Å². The first kappa shape index (κ1) is 24.2. The molecule has 4 rings (SSSR count). The first-order chi connectivity index (χ1) is 16.7. The van der Waals surface area contributed by atoms with Crippen molar-refractivity contribution in [2.75, 3.05) is 12.1 Å². The van der Waals surface area contributed by atoms with Crippen molar-refractivity contribution >= 4 is 27.5 Å². The Morgan fingerprint density at radius 2 is 1.63 bits per heavy atom. The van der Waals surface area contributed by atoms with Crippen LogP contribution in [0.15, 0.2) is 71.6 Å². The van der Waals surface area contributed by atoms with E-state index in [4.69, 9.17) is 9.47 Å². The predicted octanol–water partition coefficient (Wildman–Crippen LogP) is 3.34. The smallest absolute Gasteiger partial charge is 0.251 e. The Hall–Kier alpha value is -3.89. The van der Waals surface area contributed by atoms with E-state index in [1.54, 1.807) is 24.3 Å². The van der Waals surface area contributed by atoms with Gasteiger partial charge in [0, 0.05) is 24.7 Å². The van der Waals surface area contributed by atoms with Crippen LogP contribution in [0.3, 0.4) is 0 Å². The fourth-order valence-corrected chi connectivity index (χ4v) is 4.52. The summed E-state index contributed by atoms with van der Waals surface area (Å²) in [6.45, 7) is 3.50. The minimum Gasteiger partial charge on any atom is -0.454 e. The van der Waals surface area contributed by atoms with E-state index in [-0.39, 0.29) is 36.1 Å². The van der Waals surface area contributed by atoms with E-state index in [1.807, 2.05) is 25.1 Å². The van der Waals surface area contributed by atoms with Crippen LogP contribution in [0.5, 0.6) is 11.5 Å². The Balaban J connectivity index is 1.33. The van der Waals surface area contributed by atoms with E-state index in [1.165, 1.54) is 31.2 Å². The maximum Gasteiger partial charge on any atom is 0.251 e. The van der Waals surface area contributed by atoms with Gasteiger partial charge >= 0.3 is 0 Å². The molecule has 182 valence electrons. The molecule has 0 saturated carbocycles. The molecule has 3 aromatic rings. The Morgan fingerprint density at radius 1 is 0.943 bits per heavy atom. The highest BCUT2D eigenvalue weighted by atomic mass is 32.2. The molecule has 0 bridgehead atoms. The van der Waals surface area contributed by atoms with Crippen molar-refractivity contribution in [2.45, 2.75) is 31.3 Å². The van der Waals surface area contributed by atoms with Crippen molar-refractivity contribution in [3.63, 3.8) is 0 Å². The van der Waals surface area contributed by atoms with Crippen LogP contribution in [0, 0.1) is 0 Å². The summed E-state index contributed by atoms with van der Waals surface area (Å²) in [7, 11) is -3.74. The van der Waals surface area contributed by atoms with Gasteiger partial charge < -0.3 is 20.1 Å². The summed E-state index contributed by atoms with van der Waals surface area (Å²) in [5, 5.41) is 5.53. The molecule has 0 saturated heterocycles. The number of hydrogen-bond acceptors (Lipinski definition) is 6. The molecule has 3 aromatic carbocycles. The number of carbonyl (C=O) groups excluding carboxylic acids is 2. The van der Waals surface area contributed by atoms with E-state index < -0.39 is 10.0 Å². The molecule has 10 heteroatoms. The van der Waals surface area contributed by atoms with Crippen LogP contribution in [-0.4, -0.2) is 27.0 Å². The van der Waals surface area contributed by atoms with Crippen molar-refractivity contribution in [2.24, 2.45) is 0 Å². The zero-order chi connectivity index (χ0) is 25.0. The Bertz CT molecular complexity index is 1340. The molecule has 1 aliphatic rings. The van der Waals surface area contributed by atoms with Gasteiger partial charge in [0.2, 0.25) is 22.7 Å². The van der Waals surface area contributed by atoms with Crippen LogP contribution in [-0.2, 0) is 21.4 Å². The summed E-state index contributed by atoms with van der Waals surface area (Å²) >= 11 is 0. The molecule has 0 aromatic heterocycles. The number of carbonyl (C=O) groups is 2. The summed E-state index contributed by atoms with van der Waals surface area (Å²) in [6, 6.07) is 17.9. The maximum absolute atomic E-state index is 12.7. The Morgan fingerprint density at radius 3 is 2.31 bits per heavy atom. The van der Waals surface area contributed by atoms with Crippen molar-refractivity contribution in [3.8, 4) is 11.5 Å². The van der Waals surface area contributed by atoms with Crippen LogP contribution in [0.1, 0.15) is 41.4 Å². The molecule has 9 nitrogen and oxygen atoms in total. The van der Waals surface area contributed by atoms with Gasteiger partial charge in [-0.2, -0.15) is 0 Å². The molecule has 0 spiro atoms. The molecule has 2 amide bonds. The molecule has 0 unspecified atom stereocenters. The van der Waals surface area contributed by atoms with Crippen LogP contribution >= 0.6 is 0 Å². The molecular weight excluding hydrogens is 470 g/mol. The minimum atomic E-state index is -3.74. The number of anilines is 1. The standard InChI is InChI=1S/C25H25N3O6S/c1-16(20-7-12-23-24(13-20)34-15-33-23)27-25(30)19-5-3-18(4-6-19)14-26-35(31,32)22-10-8-21(9-11-22)28-17(2)29/h3-13,16,26H,14-15H2,1-2H3,(H,27,30)(H,28,29)/t16-/m1/s1. The molecule has 0 aliphatic carbocycles.